The van der Waals surface area contributed by atoms with Crippen LogP contribution >= 0.6 is 0 Å². The van der Waals surface area contributed by atoms with E-state index in [0.29, 0.717) is 58.1 Å². The van der Waals surface area contributed by atoms with Crippen molar-refractivity contribution in [2.75, 3.05) is 56.2 Å². The standard InChI is InChI=1S/C35H50N8O4Si/c1-24-9-10-30-29(19-37-43(30)23-47-16-17-48(4,5)6)32(24)39-13-11-27-31(22-39)42(21-26-8-7-12-38(26)3)34(44)28(18-36)33(27)41-15-14-40(35(45)46)20-25(41)2/h9-10,19,25-26H,7-8,11-17,20-23H2,1-6H3,(H,45,46). The average Bonchev–Trinajstić information content (AvgIpc) is 3.64. The first-order valence-corrected chi connectivity index (χ1v) is 21.0. The van der Waals surface area contributed by atoms with Gasteiger partial charge in [0.1, 0.15) is 18.4 Å². The molecule has 48 heavy (non-hydrogen) atoms. The van der Waals surface area contributed by atoms with E-state index in [2.05, 4.69) is 66.5 Å². The van der Waals surface area contributed by atoms with Gasteiger partial charge in [-0.25, -0.2) is 9.48 Å². The van der Waals surface area contributed by atoms with Crippen LogP contribution in [0.2, 0.25) is 25.7 Å². The lowest BCUT2D eigenvalue weighted by Crippen LogP contribution is -2.54. The number of piperazine rings is 1. The molecule has 6 rings (SSSR count). The summed E-state index contributed by atoms with van der Waals surface area (Å²) >= 11 is 0. The summed E-state index contributed by atoms with van der Waals surface area (Å²) in [7, 11) is 0.919. The van der Waals surface area contributed by atoms with Gasteiger partial charge in [0.15, 0.2) is 0 Å². The predicted molar refractivity (Wildman–Crippen MR) is 191 cm³/mol. The fourth-order valence-electron chi connectivity index (χ4n) is 7.75. The van der Waals surface area contributed by atoms with Gasteiger partial charge in [-0.2, -0.15) is 10.4 Å². The van der Waals surface area contributed by atoms with E-state index in [0.717, 1.165) is 65.4 Å². The van der Waals surface area contributed by atoms with Crippen LogP contribution in [0.3, 0.4) is 0 Å². The van der Waals surface area contributed by atoms with E-state index < -0.39 is 14.2 Å². The van der Waals surface area contributed by atoms with E-state index >= 15 is 0 Å². The number of pyridine rings is 1. The van der Waals surface area contributed by atoms with Crippen LogP contribution in [0.15, 0.2) is 23.1 Å². The van der Waals surface area contributed by atoms with Gasteiger partial charge in [-0.1, -0.05) is 25.7 Å². The molecule has 0 aliphatic carbocycles. The van der Waals surface area contributed by atoms with Crippen LogP contribution in [0.1, 0.15) is 42.1 Å². The van der Waals surface area contributed by atoms with Gasteiger partial charge in [-0.15, -0.1) is 0 Å². The summed E-state index contributed by atoms with van der Waals surface area (Å²) in [6.45, 7) is 16.1. The number of nitriles is 1. The minimum Gasteiger partial charge on any atom is -0.465 e. The fourth-order valence-corrected chi connectivity index (χ4v) is 8.50. The number of fused-ring (bicyclic) bond motifs is 2. The van der Waals surface area contributed by atoms with Crippen LogP contribution in [-0.4, -0.2) is 102 Å². The molecule has 13 heteroatoms. The lowest BCUT2D eigenvalue weighted by molar-refractivity contribution is 0.0817. The molecule has 1 aromatic carbocycles. The van der Waals surface area contributed by atoms with Crippen molar-refractivity contribution in [2.45, 2.75) is 90.7 Å². The summed E-state index contributed by atoms with van der Waals surface area (Å²) in [6, 6.07) is 7.71. The van der Waals surface area contributed by atoms with Gasteiger partial charge < -0.3 is 34.0 Å². The van der Waals surface area contributed by atoms with Gasteiger partial charge in [-0.3, -0.25) is 4.79 Å². The summed E-state index contributed by atoms with van der Waals surface area (Å²) in [5.41, 5.74) is 5.88. The smallest absolute Gasteiger partial charge is 0.407 e. The minimum absolute atomic E-state index is 0.171. The second-order valence-corrected chi connectivity index (χ2v) is 20.7. The number of amides is 1. The summed E-state index contributed by atoms with van der Waals surface area (Å²) in [5.74, 6) is 0. The Morgan fingerprint density at radius 3 is 2.62 bits per heavy atom. The Hall–Kier alpha value is -3.86. The first kappa shape index (κ1) is 34.0. The molecule has 3 aliphatic heterocycles. The van der Waals surface area contributed by atoms with Crippen molar-refractivity contribution in [1.82, 2.24) is 24.1 Å². The highest BCUT2D eigenvalue weighted by molar-refractivity contribution is 6.76. The highest BCUT2D eigenvalue weighted by atomic mass is 28.3. The van der Waals surface area contributed by atoms with Gasteiger partial charge in [0.2, 0.25) is 0 Å². The van der Waals surface area contributed by atoms with Crippen LogP contribution in [-0.2, 0) is 31.0 Å². The van der Waals surface area contributed by atoms with Crippen molar-refractivity contribution in [2.24, 2.45) is 0 Å². The van der Waals surface area contributed by atoms with Gasteiger partial charge in [0, 0.05) is 76.1 Å². The van der Waals surface area contributed by atoms with Crippen molar-refractivity contribution in [1.29, 1.82) is 5.26 Å². The van der Waals surface area contributed by atoms with Gasteiger partial charge in [-0.05, 0) is 64.4 Å². The summed E-state index contributed by atoms with van der Waals surface area (Å²) in [6.07, 6.45) is 3.75. The largest absolute Gasteiger partial charge is 0.465 e. The van der Waals surface area contributed by atoms with Crippen molar-refractivity contribution in [3.05, 3.63) is 51.1 Å². The number of hydrogen-bond donors (Lipinski definition) is 1. The van der Waals surface area contributed by atoms with E-state index in [-0.39, 0.29) is 23.2 Å². The van der Waals surface area contributed by atoms with Crippen molar-refractivity contribution in [3.63, 3.8) is 0 Å². The van der Waals surface area contributed by atoms with Crippen LogP contribution in [0.5, 0.6) is 0 Å². The van der Waals surface area contributed by atoms with Crippen molar-refractivity contribution in [3.8, 4) is 6.07 Å². The number of carbonyl (C=O) groups is 1. The van der Waals surface area contributed by atoms with E-state index in [1.54, 1.807) is 0 Å². The fraction of sp³-hybridized carbons (Fsp3) is 0.600. The number of anilines is 2. The summed E-state index contributed by atoms with van der Waals surface area (Å²) < 4.78 is 9.88. The van der Waals surface area contributed by atoms with Crippen molar-refractivity contribution >= 4 is 36.4 Å². The number of ether oxygens (including phenoxy) is 1. The molecule has 5 heterocycles. The number of hydrogen-bond acceptors (Lipinski definition) is 8. The van der Waals surface area contributed by atoms with Crippen LogP contribution in [0.4, 0.5) is 16.2 Å². The molecule has 3 aliphatic rings. The van der Waals surface area contributed by atoms with Gasteiger partial charge in [0.05, 0.1) is 29.6 Å². The molecule has 0 radical (unpaired) electrons. The van der Waals surface area contributed by atoms with Gasteiger partial charge >= 0.3 is 6.09 Å². The number of carboxylic acid groups (broad SMARTS) is 1. The molecule has 258 valence electrons. The molecule has 1 amide bonds. The second-order valence-electron chi connectivity index (χ2n) is 15.1. The Kier molecular flexibility index (Phi) is 9.61. The van der Waals surface area contributed by atoms with E-state index in [1.807, 2.05) is 22.4 Å². The number of likely N-dealkylation sites (N-methyl/N-ethyl adjacent to an activating group) is 1. The summed E-state index contributed by atoms with van der Waals surface area (Å²) in [5, 5.41) is 25.9. The average molecular weight is 675 g/mol. The molecule has 2 fully saturated rings. The highest BCUT2D eigenvalue weighted by Crippen LogP contribution is 2.38. The maximum atomic E-state index is 14.4. The number of aromatic nitrogens is 3. The molecule has 0 saturated carbocycles. The third kappa shape index (κ3) is 6.58. The Balaban J connectivity index is 1.39. The monoisotopic (exact) mass is 674 g/mol. The van der Waals surface area contributed by atoms with E-state index in [1.165, 1.54) is 4.90 Å². The van der Waals surface area contributed by atoms with Crippen molar-refractivity contribution < 1.29 is 14.6 Å². The zero-order valence-corrected chi connectivity index (χ0v) is 30.3. The number of benzene rings is 1. The predicted octanol–water partition coefficient (Wildman–Crippen LogP) is 4.54. The Labute approximate surface area is 284 Å². The lowest BCUT2D eigenvalue weighted by Gasteiger charge is -2.43. The quantitative estimate of drug-likeness (QED) is 0.258. The molecule has 2 aromatic heterocycles. The molecule has 2 saturated heterocycles. The normalized spacial score (nSPS) is 20.4. The Bertz CT molecular complexity index is 1790. The Morgan fingerprint density at radius 2 is 1.96 bits per heavy atom. The molecule has 0 spiro atoms. The molecule has 12 nitrogen and oxygen atoms in total. The number of aryl methyl sites for hydroxylation is 1. The number of rotatable bonds is 9. The minimum atomic E-state index is -1.19. The highest BCUT2D eigenvalue weighted by Gasteiger charge is 2.36. The molecule has 2 atom stereocenters. The number of nitrogens with zero attached hydrogens (tertiary/aromatic N) is 8. The molecule has 1 N–H and O–H groups in total. The molecule has 3 aromatic rings. The molecular formula is C35H50N8O4Si. The maximum absolute atomic E-state index is 14.4. The summed E-state index contributed by atoms with van der Waals surface area (Å²) in [4.78, 5) is 34.3. The first-order valence-electron chi connectivity index (χ1n) is 17.3. The third-order valence-corrected chi connectivity index (χ3v) is 12.2. The molecule has 0 bridgehead atoms. The molecular weight excluding hydrogens is 625 g/mol. The van der Waals surface area contributed by atoms with Gasteiger partial charge in [0.25, 0.3) is 5.56 Å². The van der Waals surface area contributed by atoms with E-state index in [4.69, 9.17) is 9.84 Å². The number of likely N-dealkylation sites (tertiary alicyclic amines) is 1. The van der Waals surface area contributed by atoms with Crippen LogP contribution in [0, 0.1) is 18.3 Å². The zero-order chi connectivity index (χ0) is 34.3. The van der Waals surface area contributed by atoms with E-state index in [9.17, 15) is 20.0 Å². The maximum Gasteiger partial charge on any atom is 0.407 e. The zero-order valence-electron chi connectivity index (χ0n) is 29.3. The second kappa shape index (κ2) is 13.6. The topological polar surface area (TPSA) is 123 Å². The third-order valence-electron chi connectivity index (χ3n) is 10.5. The Morgan fingerprint density at radius 1 is 1.17 bits per heavy atom. The van der Waals surface area contributed by atoms with Crippen LogP contribution in [0.25, 0.3) is 10.9 Å². The molecule has 2 unspecified atom stereocenters. The SMILES string of the molecule is Cc1ccc2c(cnn2COCC[Si](C)(C)C)c1N1CCc2c(N3CCN(C(=O)O)CC3C)c(C#N)c(=O)n(CC3CCCN3C)c2C1. The first-order chi connectivity index (χ1) is 22.9. The lowest BCUT2D eigenvalue weighted by atomic mass is 9.95. The van der Waals surface area contributed by atoms with Crippen LogP contribution < -0.4 is 15.4 Å².